The second-order valence-corrected chi connectivity index (χ2v) is 8.03. The van der Waals surface area contributed by atoms with Crippen LogP contribution in [0.4, 0.5) is 4.39 Å². The number of halogens is 1. The molecule has 5 nitrogen and oxygen atoms in total. The Morgan fingerprint density at radius 1 is 1.08 bits per heavy atom. The molecule has 0 unspecified atom stereocenters. The zero-order valence-electron chi connectivity index (χ0n) is 13.2. The maximum Gasteiger partial charge on any atom is 0.240 e. The molecular weight excluding hydrogens is 361 g/mol. The summed E-state index contributed by atoms with van der Waals surface area (Å²) in [7, 11) is -3.61. The molecule has 0 bridgehead atoms. The lowest BCUT2D eigenvalue weighted by molar-refractivity contribution is 0.578. The molecule has 2 heterocycles. The maximum absolute atomic E-state index is 12.9. The first kappa shape index (κ1) is 17.7. The Kier molecular flexibility index (Phi) is 5.52. The SMILES string of the molecule is O=S(=O)(NCCCc1nc(-c2ccncc2)cs1)c1ccc(F)cc1. The zero-order valence-corrected chi connectivity index (χ0v) is 14.9. The van der Waals surface area contributed by atoms with E-state index in [0.717, 1.165) is 28.4 Å². The van der Waals surface area contributed by atoms with Crippen LogP contribution in [-0.4, -0.2) is 24.9 Å². The molecule has 0 radical (unpaired) electrons. The van der Waals surface area contributed by atoms with Gasteiger partial charge in [-0.1, -0.05) is 0 Å². The van der Waals surface area contributed by atoms with Crippen LogP contribution in [0, 0.1) is 5.82 Å². The van der Waals surface area contributed by atoms with Crippen LogP contribution < -0.4 is 4.72 Å². The van der Waals surface area contributed by atoms with Crippen molar-refractivity contribution in [2.45, 2.75) is 17.7 Å². The summed E-state index contributed by atoms with van der Waals surface area (Å²) in [5, 5.41) is 2.93. The predicted octanol–water partition coefficient (Wildman–Crippen LogP) is 3.26. The molecule has 1 aromatic carbocycles. The van der Waals surface area contributed by atoms with E-state index in [2.05, 4.69) is 14.7 Å². The maximum atomic E-state index is 12.9. The van der Waals surface area contributed by atoms with Gasteiger partial charge in [-0.25, -0.2) is 22.5 Å². The van der Waals surface area contributed by atoms with Gasteiger partial charge in [0.1, 0.15) is 5.82 Å². The lowest BCUT2D eigenvalue weighted by Gasteiger charge is -2.06. The summed E-state index contributed by atoms with van der Waals surface area (Å²) in [5.74, 6) is -0.465. The predicted molar refractivity (Wildman–Crippen MR) is 95.3 cm³/mol. The second kappa shape index (κ2) is 7.81. The second-order valence-electron chi connectivity index (χ2n) is 5.32. The van der Waals surface area contributed by atoms with Gasteiger partial charge in [0.2, 0.25) is 10.0 Å². The molecule has 0 fully saturated rings. The van der Waals surface area contributed by atoms with Crippen molar-refractivity contribution >= 4 is 21.4 Å². The Hall–Kier alpha value is -2.16. The van der Waals surface area contributed by atoms with Crippen molar-refractivity contribution in [3.63, 3.8) is 0 Å². The molecule has 0 aliphatic carbocycles. The van der Waals surface area contributed by atoms with Crippen LogP contribution in [0.2, 0.25) is 0 Å². The fourth-order valence-electron chi connectivity index (χ4n) is 2.22. The number of nitrogens with zero attached hydrogens (tertiary/aromatic N) is 2. The minimum absolute atomic E-state index is 0.0584. The largest absolute Gasteiger partial charge is 0.265 e. The van der Waals surface area contributed by atoms with Gasteiger partial charge in [0.05, 0.1) is 15.6 Å². The van der Waals surface area contributed by atoms with Gasteiger partial charge in [-0.3, -0.25) is 4.98 Å². The smallest absolute Gasteiger partial charge is 0.240 e. The number of nitrogens with one attached hydrogen (secondary N) is 1. The highest BCUT2D eigenvalue weighted by molar-refractivity contribution is 7.89. The van der Waals surface area contributed by atoms with Gasteiger partial charge in [0.25, 0.3) is 0 Å². The number of aryl methyl sites for hydroxylation is 1. The molecule has 0 spiro atoms. The normalized spacial score (nSPS) is 11.6. The Morgan fingerprint density at radius 2 is 1.80 bits per heavy atom. The molecule has 1 N–H and O–H groups in total. The summed E-state index contributed by atoms with van der Waals surface area (Å²) in [4.78, 5) is 8.59. The summed E-state index contributed by atoms with van der Waals surface area (Å²) < 4.78 is 39.6. The lowest BCUT2D eigenvalue weighted by atomic mass is 10.2. The van der Waals surface area contributed by atoms with Crippen molar-refractivity contribution in [3.8, 4) is 11.3 Å². The van der Waals surface area contributed by atoms with Crippen LogP contribution in [0.15, 0.2) is 59.1 Å². The average Bonchev–Trinajstić information content (AvgIpc) is 3.09. The van der Waals surface area contributed by atoms with E-state index in [4.69, 9.17) is 0 Å². The highest BCUT2D eigenvalue weighted by Crippen LogP contribution is 2.21. The van der Waals surface area contributed by atoms with E-state index < -0.39 is 15.8 Å². The van der Waals surface area contributed by atoms with Gasteiger partial charge in [-0.05, 0) is 42.8 Å². The van der Waals surface area contributed by atoms with E-state index in [0.29, 0.717) is 19.4 Å². The molecule has 2 aromatic heterocycles. The molecule has 0 saturated carbocycles. The third-order valence-electron chi connectivity index (χ3n) is 3.51. The Labute approximate surface area is 149 Å². The summed E-state index contributed by atoms with van der Waals surface area (Å²) in [5.41, 5.74) is 1.91. The van der Waals surface area contributed by atoms with Gasteiger partial charge in [0.15, 0.2) is 0 Å². The number of benzene rings is 1. The van der Waals surface area contributed by atoms with Crippen LogP contribution in [-0.2, 0) is 16.4 Å². The Bertz CT molecular complexity index is 926. The van der Waals surface area contributed by atoms with Crippen LogP contribution in [0.3, 0.4) is 0 Å². The fourth-order valence-corrected chi connectivity index (χ4v) is 4.15. The van der Waals surface area contributed by atoms with Crippen molar-refractivity contribution in [2.24, 2.45) is 0 Å². The van der Waals surface area contributed by atoms with E-state index in [1.54, 1.807) is 23.7 Å². The van der Waals surface area contributed by atoms with Gasteiger partial charge >= 0.3 is 0 Å². The van der Waals surface area contributed by atoms with Crippen LogP contribution >= 0.6 is 11.3 Å². The van der Waals surface area contributed by atoms with E-state index in [9.17, 15) is 12.8 Å². The number of hydrogen-bond acceptors (Lipinski definition) is 5. The molecule has 0 saturated heterocycles. The first-order valence-electron chi connectivity index (χ1n) is 7.65. The first-order valence-corrected chi connectivity index (χ1v) is 10.0. The number of hydrogen-bond donors (Lipinski definition) is 1. The lowest BCUT2D eigenvalue weighted by Crippen LogP contribution is -2.25. The monoisotopic (exact) mass is 377 g/mol. The number of pyridine rings is 1. The van der Waals surface area contributed by atoms with Crippen molar-refractivity contribution in [1.29, 1.82) is 0 Å². The van der Waals surface area contributed by atoms with E-state index in [-0.39, 0.29) is 4.90 Å². The van der Waals surface area contributed by atoms with Crippen molar-refractivity contribution in [1.82, 2.24) is 14.7 Å². The van der Waals surface area contributed by atoms with Crippen LogP contribution in [0.1, 0.15) is 11.4 Å². The fraction of sp³-hybridized carbons (Fsp3) is 0.176. The van der Waals surface area contributed by atoms with Crippen molar-refractivity contribution in [2.75, 3.05) is 6.54 Å². The highest BCUT2D eigenvalue weighted by atomic mass is 32.2. The quantitative estimate of drug-likeness (QED) is 0.642. The van der Waals surface area contributed by atoms with Crippen LogP contribution in [0.5, 0.6) is 0 Å². The Morgan fingerprint density at radius 3 is 2.52 bits per heavy atom. The minimum Gasteiger partial charge on any atom is -0.265 e. The number of sulfonamides is 1. The molecule has 0 amide bonds. The zero-order chi connectivity index (χ0) is 17.7. The molecule has 130 valence electrons. The number of thiazole rings is 1. The molecule has 0 aliphatic rings. The third kappa shape index (κ3) is 4.68. The molecule has 0 aliphatic heterocycles. The highest BCUT2D eigenvalue weighted by Gasteiger charge is 2.13. The topological polar surface area (TPSA) is 72.0 Å². The molecule has 3 aromatic rings. The standard InChI is InChI=1S/C17H16FN3O2S2/c18-14-3-5-15(6-4-14)25(22,23)20-9-1-2-17-21-16(12-24-17)13-7-10-19-11-8-13/h3-8,10-12,20H,1-2,9H2. The number of aromatic nitrogens is 2. The minimum atomic E-state index is -3.61. The Balaban J connectivity index is 1.52. The van der Waals surface area contributed by atoms with E-state index >= 15 is 0 Å². The third-order valence-corrected chi connectivity index (χ3v) is 5.90. The van der Waals surface area contributed by atoms with Gasteiger partial charge in [0, 0.05) is 36.3 Å². The van der Waals surface area contributed by atoms with Gasteiger partial charge < -0.3 is 0 Å². The molecule has 8 heteroatoms. The molecular formula is C17H16FN3O2S2. The van der Waals surface area contributed by atoms with Crippen molar-refractivity contribution in [3.05, 3.63) is 65.0 Å². The van der Waals surface area contributed by atoms with Crippen LogP contribution in [0.25, 0.3) is 11.3 Å². The average molecular weight is 377 g/mol. The first-order chi connectivity index (χ1) is 12.0. The summed E-state index contributed by atoms with van der Waals surface area (Å²) in [6, 6.07) is 8.56. The summed E-state index contributed by atoms with van der Waals surface area (Å²) in [6.45, 7) is 0.296. The number of rotatable bonds is 7. The summed E-state index contributed by atoms with van der Waals surface area (Å²) in [6.07, 6.45) is 4.75. The van der Waals surface area contributed by atoms with Gasteiger partial charge in [-0.2, -0.15) is 0 Å². The van der Waals surface area contributed by atoms with E-state index in [1.165, 1.54) is 12.1 Å². The molecule has 0 atom stereocenters. The van der Waals surface area contributed by atoms with E-state index in [1.807, 2.05) is 17.5 Å². The summed E-state index contributed by atoms with van der Waals surface area (Å²) >= 11 is 1.55. The van der Waals surface area contributed by atoms with Gasteiger partial charge in [-0.15, -0.1) is 11.3 Å². The molecule has 25 heavy (non-hydrogen) atoms. The van der Waals surface area contributed by atoms with Crippen molar-refractivity contribution < 1.29 is 12.8 Å². The molecule has 3 rings (SSSR count).